The lowest BCUT2D eigenvalue weighted by molar-refractivity contribution is 0.349. The van der Waals surface area contributed by atoms with Crippen LogP contribution in [0.3, 0.4) is 0 Å². The van der Waals surface area contributed by atoms with Gasteiger partial charge in [0.1, 0.15) is 23.2 Å². The molecular formula is C20H19N5O3. The highest BCUT2D eigenvalue weighted by Crippen LogP contribution is 2.46. The number of nitrogen functional groups attached to an aromatic ring is 1. The van der Waals surface area contributed by atoms with Crippen molar-refractivity contribution in [2.45, 2.75) is 12.8 Å². The van der Waals surface area contributed by atoms with E-state index in [1.165, 1.54) is 0 Å². The van der Waals surface area contributed by atoms with Gasteiger partial charge in [-0.25, -0.2) is 4.98 Å². The number of ether oxygens (including phenoxy) is 3. The zero-order chi connectivity index (χ0) is 19.8. The number of nitrogens with two attached hydrogens (primary N) is 1. The van der Waals surface area contributed by atoms with Crippen molar-refractivity contribution in [1.82, 2.24) is 15.2 Å². The number of aromatic nitrogens is 3. The lowest BCUT2D eigenvalue weighted by Gasteiger charge is -2.22. The number of benzene rings is 1. The number of fused-ring (bicyclic) bond motifs is 3. The van der Waals surface area contributed by atoms with Crippen molar-refractivity contribution in [2.24, 2.45) is 0 Å². The highest BCUT2D eigenvalue weighted by Gasteiger charge is 2.28. The summed E-state index contributed by atoms with van der Waals surface area (Å²) in [5, 5.41) is 17.0. The summed E-state index contributed by atoms with van der Waals surface area (Å²) in [4.78, 5) is 4.51. The number of H-pyrrole nitrogens is 1. The molecule has 2 heterocycles. The maximum atomic E-state index is 9.82. The second-order valence-electron chi connectivity index (χ2n) is 6.36. The van der Waals surface area contributed by atoms with E-state index in [0.29, 0.717) is 40.4 Å². The minimum atomic E-state index is 0.169. The number of nitrogens with one attached hydrogen (secondary N) is 1. The van der Waals surface area contributed by atoms with Crippen LogP contribution in [0.4, 0.5) is 5.82 Å². The molecule has 0 bridgehead atoms. The molecular weight excluding hydrogens is 358 g/mol. The number of rotatable bonds is 4. The summed E-state index contributed by atoms with van der Waals surface area (Å²) in [6.45, 7) is 0. The molecule has 0 unspecified atom stereocenters. The van der Waals surface area contributed by atoms with Crippen LogP contribution in [-0.4, -0.2) is 36.5 Å². The third-order valence-electron chi connectivity index (χ3n) is 5.01. The third kappa shape index (κ3) is 2.52. The van der Waals surface area contributed by atoms with Crippen molar-refractivity contribution in [3.05, 3.63) is 35.2 Å². The van der Waals surface area contributed by atoms with E-state index in [4.69, 9.17) is 19.9 Å². The minimum Gasteiger partial charge on any atom is -0.496 e. The molecule has 1 aliphatic rings. The summed E-state index contributed by atoms with van der Waals surface area (Å²) >= 11 is 0. The predicted octanol–water partition coefficient (Wildman–Crippen LogP) is 2.72. The van der Waals surface area contributed by atoms with Crippen molar-refractivity contribution in [1.29, 1.82) is 5.26 Å². The Hall–Kier alpha value is -3.73. The zero-order valence-corrected chi connectivity index (χ0v) is 15.8. The maximum Gasteiger partial charge on any atom is 0.164 e. The van der Waals surface area contributed by atoms with E-state index in [1.807, 2.05) is 0 Å². The average Bonchev–Trinajstić information content (AvgIpc) is 3.21. The number of aromatic amines is 1. The first-order valence-electron chi connectivity index (χ1n) is 8.68. The number of hydrogen-bond acceptors (Lipinski definition) is 7. The van der Waals surface area contributed by atoms with Crippen LogP contribution >= 0.6 is 0 Å². The Labute approximate surface area is 161 Å². The summed E-state index contributed by atoms with van der Waals surface area (Å²) in [6, 6.07) is 5.75. The van der Waals surface area contributed by atoms with Crippen LogP contribution in [0.25, 0.3) is 22.4 Å². The van der Waals surface area contributed by atoms with Crippen molar-refractivity contribution < 1.29 is 14.2 Å². The van der Waals surface area contributed by atoms with Crippen LogP contribution < -0.4 is 19.9 Å². The number of aryl methyl sites for hydroxylation is 1. The van der Waals surface area contributed by atoms with E-state index in [9.17, 15) is 5.26 Å². The van der Waals surface area contributed by atoms with Gasteiger partial charge in [0.05, 0.1) is 33.2 Å². The van der Waals surface area contributed by atoms with Gasteiger partial charge in [-0.3, -0.25) is 5.10 Å². The molecule has 0 saturated heterocycles. The number of methoxy groups -OCH3 is 3. The van der Waals surface area contributed by atoms with Crippen molar-refractivity contribution >= 4 is 5.82 Å². The molecule has 1 aliphatic carbocycles. The molecule has 28 heavy (non-hydrogen) atoms. The number of nitrogens with zero attached hydrogens (tertiary/aromatic N) is 3. The molecule has 0 saturated carbocycles. The van der Waals surface area contributed by atoms with E-state index in [0.717, 1.165) is 28.9 Å². The quantitative estimate of drug-likeness (QED) is 0.717. The molecule has 0 spiro atoms. The Morgan fingerprint density at radius 1 is 1.04 bits per heavy atom. The van der Waals surface area contributed by atoms with Gasteiger partial charge in [0, 0.05) is 28.5 Å². The lowest BCUT2D eigenvalue weighted by atomic mass is 9.85. The molecule has 3 N–H and O–H groups in total. The molecule has 3 aromatic rings. The fourth-order valence-electron chi connectivity index (χ4n) is 3.70. The Balaban J connectivity index is 2.08. The average molecular weight is 377 g/mol. The summed E-state index contributed by atoms with van der Waals surface area (Å²) in [7, 11) is 4.69. The van der Waals surface area contributed by atoms with Gasteiger partial charge in [-0.2, -0.15) is 10.4 Å². The van der Waals surface area contributed by atoms with Crippen LogP contribution in [0.5, 0.6) is 17.2 Å². The molecule has 1 aromatic carbocycles. The molecule has 0 amide bonds. The van der Waals surface area contributed by atoms with Crippen LogP contribution in [0.1, 0.15) is 16.8 Å². The second kappa shape index (κ2) is 6.78. The van der Waals surface area contributed by atoms with E-state index in [-0.39, 0.29) is 5.82 Å². The van der Waals surface area contributed by atoms with Gasteiger partial charge in [-0.1, -0.05) is 0 Å². The summed E-state index contributed by atoms with van der Waals surface area (Å²) in [5.41, 5.74) is 11.5. The van der Waals surface area contributed by atoms with Gasteiger partial charge in [0.25, 0.3) is 0 Å². The van der Waals surface area contributed by atoms with Gasteiger partial charge >= 0.3 is 0 Å². The highest BCUT2D eigenvalue weighted by molar-refractivity contribution is 5.89. The lowest BCUT2D eigenvalue weighted by Crippen LogP contribution is -2.11. The third-order valence-corrected chi connectivity index (χ3v) is 5.01. The standard InChI is InChI=1S/C20H19N5O3/c1-26-15-7-17(28-3)16(27-2)6-11(15)18-10-4-5-14-13(9-23-25-14)19(10)24-20(22)12(18)8-21/h6-7,9H,4-5H2,1-3H3,(H2,22,24)(H,23,25). The normalized spacial score (nSPS) is 11.9. The molecule has 0 aliphatic heterocycles. The van der Waals surface area contributed by atoms with Crippen molar-refractivity contribution in [2.75, 3.05) is 27.1 Å². The Kier molecular flexibility index (Phi) is 4.28. The first kappa shape index (κ1) is 17.7. The number of anilines is 1. The van der Waals surface area contributed by atoms with Crippen molar-refractivity contribution in [3.63, 3.8) is 0 Å². The van der Waals surface area contributed by atoms with E-state index in [1.54, 1.807) is 39.7 Å². The van der Waals surface area contributed by atoms with Gasteiger partial charge in [-0.15, -0.1) is 0 Å². The van der Waals surface area contributed by atoms with Crippen molar-refractivity contribution in [3.8, 4) is 45.7 Å². The fourth-order valence-corrected chi connectivity index (χ4v) is 3.70. The maximum absolute atomic E-state index is 9.82. The van der Waals surface area contributed by atoms with Gasteiger partial charge in [-0.05, 0) is 24.5 Å². The summed E-state index contributed by atoms with van der Waals surface area (Å²) in [6.07, 6.45) is 3.20. The fraction of sp³-hybridized carbons (Fsp3) is 0.250. The first-order valence-corrected chi connectivity index (χ1v) is 8.68. The number of pyridine rings is 1. The van der Waals surface area contributed by atoms with Gasteiger partial charge in [0.15, 0.2) is 11.5 Å². The highest BCUT2D eigenvalue weighted by atomic mass is 16.5. The van der Waals surface area contributed by atoms with E-state index in [2.05, 4.69) is 21.3 Å². The zero-order valence-electron chi connectivity index (χ0n) is 15.8. The molecule has 2 aromatic heterocycles. The Bertz CT molecular complexity index is 1110. The molecule has 8 heteroatoms. The van der Waals surface area contributed by atoms with Gasteiger partial charge in [0.2, 0.25) is 0 Å². The number of nitriles is 1. The first-order chi connectivity index (χ1) is 13.6. The molecule has 8 nitrogen and oxygen atoms in total. The minimum absolute atomic E-state index is 0.169. The molecule has 4 rings (SSSR count). The van der Waals surface area contributed by atoms with Crippen LogP contribution in [0.15, 0.2) is 18.3 Å². The molecule has 142 valence electrons. The van der Waals surface area contributed by atoms with Gasteiger partial charge < -0.3 is 19.9 Å². The predicted molar refractivity (Wildman–Crippen MR) is 103 cm³/mol. The smallest absolute Gasteiger partial charge is 0.164 e. The summed E-state index contributed by atoms with van der Waals surface area (Å²) in [5.74, 6) is 1.79. The topological polar surface area (TPSA) is 119 Å². The molecule has 0 atom stereocenters. The Morgan fingerprint density at radius 3 is 2.43 bits per heavy atom. The Morgan fingerprint density at radius 2 is 1.75 bits per heavy atom. The van der Waals surface area contributed by atoms with Crippen LogP contribution in [-0.2, 0) is 12.8 Å². The van der Waals surface area contributed by atoms with E-state index >= 15 is 0 Å². The molecule has 0 fully saturated rings. The van der Waals surface area contributed by atoms with Crippen LogP contribution in [0.2, 0.25) is 0 Å². The second-order valence-corrected chi connectivity index (χ2v) is 6.36. The summed E-state index contributed by atoms with van der Waals surface area (Å²) < 4.78 is 16.4. The number of hydrogen-bond donors (Lipinski definition) is 2. The van der Waals surface area contributed by atoms with E-state index < -0.39 is 0 Å². The largest absolute Gasteiger partial charge is 0.496 e. The van der Waals surface area contributed by atoms with Crippen LogP contribution in [0, 0.1) is 11.3 Å². The molecule has 0 radical (unpaired) electrons. The SMILES string of the molecule is COc1cc(OC)c(-c2c(C#N)c(N)nc3c2CCc2[nH]ncc2-3)cc1OC. The monoisotopic (exact) mass is 377 g/mol.